The van der Waals surface area contributed by atoms with E-state index in [1.165, 1.54) is 6.92 Å². The summed E-state index contributed by atoms with van der Waals surface area (Å²) in [5.74, 6) is -0.932. The van der Waals surface area contributed by atoms with Crippen LogP contribution in [-0.2, 0) is 19.6 Å². The molecule has 0 radical (unpaired) electrons. The van der Waals surface area contributed by atoms with E-state index in [1.807, 2.05) is 13.8 Å². The summed E-state index contributed by atoms with van der Waals surface area (Å²) in [5.41, 5.74) is 1.68. The Morgan fingerprint density at radius 2 is 1.67 bits per heavy atom. The molecule has 0 saturated carbocycles. The smallest absolute Gasteiger partial charge is 0.241 e. The van der Waals surface area contributed by atoms with Crippen molar-refractivity contribution in [2.75, 3.05) is 15.8 Å². The van der Waals surface area contributed by atoms with E-state index in [9.17, 15) is 18.0 Å². The van der Waals surface area contributed by atoms with Crippen LogP contribution in [0, 0.1) is 0 Å². The maximum absolute atomic E-state index is 12.3. The van der Waals surface area contributed by atoms with Crippen LogP contribution in [0.2, 0.25) is 0 Å². The van der Waals surface area contributed by atoms with E-state index in [4.69, 9.17) is 4.74 Å². The third-order valence-corrected chi connectivity index (χ3v) is 5.09. The molecule has 30 heavy (non-hydrogen) atoms. The summed E-state index contributed by atoms with van der Waals surface area (Å²) in [6.07, 6.45) is 0.0113. The van der Waals surface area contributed by atoms with Crippen molar-refractivity contribution in [1.29, 1.82) is 0 Å². The number of nitrogens with one attached hydrogen (secondary N) is 3. The van der Waals surface area contributed by atoms with Gasteiger partial charge in [-0.05, 0) is 62.7 Å². The van der Waals surface area contributed by atoms with E-state index in [-0.39, 0.29) is 12.0 Å². The van der Waals surface area contributed by atoms with Gasteiger partial charge >= 0.3 is 0 Å². The van der Waals surface area contributed by atoms with Crippen molar-refractivity contribution in [2.24, 2.45) is 0 Å². The van der Waals surface area contributed by atoms with Crippen LogP contribution in [0.3, 0.4) is 0 Å². The SMILES string of the molecule is CC(=O)Nc1cccc(C(C)NC(=O)CS(=O)(=O)Nc2ccc(OC(C)C)cc2)c1. The molecule has 2 aromatic carbocycles. The number of carbonyl (C=O) groups is 2. The van der Waals surface area contributed by atoms with Crippen LogP contribution in [-0.4, -0.2) is 32.1 Å². The van der Waals surface area contributed by atoms with Gasteiger partial charge in [-0.1, -0.05) is 12.1 Å². The van der Waals surface area contributed by atoms with Crippen LogP contribution < -0.4 is 20.1 Å². The van der Waals surface area contributed by atoms with Crippen LogP contribution >= 0.6 is 0 Å². The Morgan fingerprint density at radius 1 is 1.00 bits per heavy atom. The highest BCUT2D eigenvalue weighted by Crippen LogP contribution is 2.19. The second kappa shape index (κ2) is 10.1. The summed E-state index contributed by atoms with van der Waals surface area (Å²) in [6, 6.07) is 13.0. The molecule has 0 saturated heterocycles. The van der Waals surface area contributed by atoms with Crippen molar-refractivity contribution < 1.29 is 22.7 Å². The molecule has 1 unspecified atom stereocenters. The molecule has 2 amide bonds. The number of rotatable bonds is 9. The fourth-order valence-electron chi connectivity index (χ4n) is 2.72. The van der Waals surface area contributed by atoms with Crippen LogP contribution in [0.5, 0.6) is 5.75 Å². The maximum Gasteiger partial charge on any atom is 0.241 e. The molecule has 0 aliphatic carbocycles. The van der Waals surface area contributed by atoms with Crippen molar-refractivity contribution in [3.05, 3.63) is 54.1 Å². The topological polar surface area (TPSA) is 114 Å². The molecule has 0 aromatic heterocycles. The zero-order valence-corrected chi connectivity index (χ0v) is 18.2. The van der Waals surface area contributed by atoms with E-state index in [0.29, 0.717) is 17.1 Å². The number of anilines is 2. The lowest BCUT2D eigenvalue weighted by molar-refractivity contribution is -0.119. The Labute approximate surface area is 177 Å². The molecule has 0 bridgehead atoms. The molecular formula is C21H27N3O5S. The Kier molecular flexibility index (Phi) is 7.82. The van der Waals surface area contributed by atoms with E-state index in [1.54, 1.807) is 55.5 Å². The van der Waals surface area contributed by atoms with Gasteiger partial charge < -0.3 is 15.4 Å². The fourth-order valence-corrected chi connectivity index (χ4v) is 3.71. The standard InChI is InChI=1S/C21H27N3O5S/c1-14(2)29-20-10-8-18(9-11-20)24-30(27,28)13-21(26)22-15(3)17-6-5-7-19(12-17)23-16(4)25/h5-12,14-15,24H,13H2,1-4H3,(H,22,26)(H,23,25). The van der Waals surface area contributed by atoms with Crippen molar-refractivity contribution in [2.45, 2.75) is 39.8 Å². The highest BCUT2D eigenvalue weighted by molar-refractivity contribution is 7.93. The summed E-state index contributed by atoms with van der Waals surface area (Å²) in [4.78, 5) is 23.4. The number of benzene rings is 2. The molecule has 0 spiro atoms. The van der Waals surface area contributed by atoms with Crippen LogP contribution in [0.1, 0.15) is 39.3 Å². The molecule has 2 aromatic rings. The largest absolute Gasteiger partial charge is 0.491 e. The molecule has 3 N–H and O–H groups in total. The first-order valence-corrected chi connectivity index (χ1v) is 11.1. The average Bonchev–Trinajstić information content (AvgIpc) is 2.61. The summed E-state index contributed by atoms with van der Waals surface area (Å²) in [5, 5.41) is 5.33. The predicted molar refractivity (Wildman–Crippen MR) is 117 cm³/mol. The van der Waals surface area contributed by atoms with Gasteiger partial charge in [0, 0.05) is 18.3 Å². The average molecular weight is 434 g/mol. The van der Waals surface area contributed by atoms with Crippen LogP contribution in [0.25, 0.3) is 0 Å². The van der Waals surface area contributed by atoms with Crippen LogP contribution in [0.4, 0.5) is 11.4 Å². The minimum Gasteiger partial charge on any atom is -0.491 e. The van der Waals surface area contributed by atoms with E-state index < -0.39 is 27.7 Å². The second-order valence-corrected chi connectivity index (χ2v) is 8.87. The summed E-state index contributed by atoms with van der Waals surface area (Å²) >= 11 is 0. The van der Waals surface area contributed by atoms with Crippen molar-refractivity contribution in [1.82, 2.24) is 5.32 Å². The monoisotopic (exact) mass is 433 g/mol. The van der Waals surface area contributed by atoms with Gasteiger partial charge in [0.1, 0.15) is 11.5 Å². The predicted octanol–water partition coefficient (Wildman–Crippen LogP) is 3.05. The van der Waals surface area contributed by atoms with Crippen LogP contribution in [0.15, 0.2) is 48.5 Å². The van der Waals surface area contributed by atoms with Crippen molar-refractivity contribution >= 4 is 33.2 Å². The molecule has 8 nitrogen and oxygen atoms in total. The second-order valence-electron chi connectivity index (χ2n) is 7.15. The molecule has 0 fully saturated rings. The third kappa shape index (κ3) is 7.75. The molecule has 0 aliphatic heterocycles. The van der Waals surface area contributed by atoms with Gasteiger partial charge in [-0.15, -0.1) is 0 Å². The van der Waals surface area contributed by atoms with Crippen molar-refractivity contribution in [3.63, 3.8) is 0 Å². The number of amides is 2. The Hall–Kier alpha value is -3.07. The maximum atomic E-state index is 12.3. The number of hydrogen-bond donors (Lipinski definition) is 3. The van der Waals surface area contributed by atoms with E-state index >= 15 is 0 Å². The van der Waals surface area contributed by atoms with E-state index in [2.05, 4.69) is 15.4 Å². The lowest BCUT2D eigenvalue weighted by Gasteiger charge is -2.16. The molecule has 0 aliphatic rings. The number of carbonyl (C=O) groups excluding carboxylic acids is 2. The number of hydrogen-bond acceptors (Lipinski definition) is 5. The lowest BCUT2D eigenvalue weighted by atomic mass is 10.1. The van der Waals surface area contributed by atoms with Gasteiger partial charge in [0.05, 0.1) is 12.1 Å². The molecule has 2 rings (SSSR count). The fraction of sp³-hybridized carbons (Fsp3) is 0.333. The first-order chi connectivity index (χ1) is 14.0. The minimum absolute atomic E-state index is 0.0113. The van der Waals surface area contributed by atoms with Gasteiger partial charge in [0.15, 0.2) is 0 Å². The highest BCUT2D eigenvalue weighted by Gasteiger charge is 2.19. The number of sulfonamides is 1. The highest BCUT2D eigenvalue weighted by atomic mass is 32.2. The zero-order chi connectivity index (χ0) is 22.3. The summed E-state index contributed by atoms with van der Waals surface area (Å²) in [6.45, 7) is 6.93. The van der Waals surface area contributed by atoms with Gasteiger partial charge in [-0.2, -0.15) is 0 Å². The molecular weight excluding hydrogens is 406 g/mol. The molecule has 9 heteroatoms. The lowest BCUT2D eigenvalue weighted by Crippen LogP contribution is -2.34. The van der Waals surface area contributed by atoms with Gasteiger partial charge in [-0.25, -0.2) is 8.42 Å². The quantitative estimate of drug-likeness (QED) is 0.562. The molecule has 162 valence electrons. The Morgan fingerprint density at radius 3 is 2.27 bits per heavy atom. The first-order valence-electron chi connectivity index (χ1n) is 9.48. The normalized spacial score (nSPS) is 12.2. The van der Waals surface area contributed by atoms with Gasteiger partial charge in [0.25, 0.3) is 0 Å². The molecule has 1 atom stereocenters. The summed E-state index contributed by atoms with van der Waals surface area (Å²) in [7, 11) is -3.88. The third-order valence-electron chi connectivity index (χ3n) is 3.91. The number of ether oxygens (including phenoxy) is 1. The zero-order valence-electron chi connectivity index (χ0n) is 17.4. The van der Waals surface area contributed by atoms with Crippen molar-refractivity contribution in [3.8, 4) is 5.75 Å². The van der Waals surface area contributed by atoms with Gasteiger partial charge in [-0.3, -0.25) is 14.3 Å². The molecule has 0 heterocycles. The Bertz CT molecular complexity index is 988. The Balaban J connectivity index is 1.95. The summed E-state index contributed by atoms with van der Waals surface area (Å²) < 4.78 is 32.5. The minimum atomic E-state index is -3.88. The first kappa shape index (κ1) is 23.2. The van der Waals surface area contributed by atoms with Gasteiger partial charge in [0.2, 0.25) is 21.8 Å². The van der Waals surface area contributed by atoms with E-state index in [0.717, 1.165) is 5.56 Å².